The van der Waals surface area contributed by atoms with Crippen LogP contribution in [0.5, 0.6) is 0 Å². The molecule has 0 radical (unpaired) electrons. The summed E-state index contributed by atoms with van der Waals surface area (Å²) < 4.78 is 5.20. The van der Waals surface area contributed by atoms with E-state index in [9.17, 15) is 9.90 Å². The molecule has 1 atom stereocenters. The third kappa shape index (κ3) is 2.25. The van der Waals surface area contributed by atoms with Gasteiger partial charge in [-0.15, -0.1) is 0 Å². The van der Waals surface area contributed by atoms with Crippen LogP contribution in [0.3, 0.4) is 0 Å². The van der Waals surface area contributed by atoms with Crippen molar-refractivity contribution in [1.82, 2.24) is 0 Å². The average molecular weight is 278 g/mol. The van der Waals surface area contributed by atoms with Crippen LogP contribution in [0.4, 0.5) is 5.69 Å². The summed E-state index contributed by atoms with van der Waals surface area (Å²) in [4.78, 5) is 11.5. The first-order chi connectivity index (χ1) is 9.15. The van der Waals surface area contributed by atoms with E-state index >= 15 is 0 Å². The molecule has 19 heavy (non-hydrogen) atoms. The minimum Gasteiger partial charge on any atom is -0.466 e. The number of hydrogen-bond donors (Lipinski definition) is 2. The van der Waals surface area contributed by atoms with Crippen molar-refractivity contribution in [3.05, 3.63) is 52.4 Å². The molecule has 0 saturated carbocycles. The number of aliphatic hydroxyl groups is 1. The van der Waals surface area contributed by atoms with E-state index in [4.69, 9.17) is 16.0 Å². The summed E-state index contributed by atoms with van der Waals surface area (Å²) in [6.07, 6.45) is 1.61. The fourth-order valence-electron chi connectivity index (χ4n) is 2.30. The van der Waals surface area contributed by atoms with Crippen molar-refractivity contribution in [3.63, 3.8) is 0 Å². The highest BCUT2D eigenvalue weighted by atomic mass is 35.5. The molecule has 1 unspecified atom stereocenters. The molecule has 2 N–H and O–H groups in total. The summed E-state index contributed by atoms with van der Waals surface area (Å²) in [5.41, 5.74) is 2.14. The lowest BCUT2D eigenvalue weighted by Gasteiger charge is -2.22. The monoisotopic (exact) mass is 277 g/mol. The van der Waals surface area contributed by atoms with Crippen LogP contribution in [0.1, 0.15) is 29.4 Å². The molecule has 0 bridgehead atoms. The Balaban J connectivity index is 2.10. The van der Waals surface area contributed by atoms with Crippen molar-refractivity contribution < 1.29 is 14.3 Å². The predicted molar refractivity (Wildman–Crippen MR) is 71.2 cm³/mol. The van der Waals surface area contributed by atoms with Crippen LogP contribution < -0.4 is 5.32 Å². The second-order valence-corrected chi connectivity index (χ2v) is 4.93. The van der Waals surface area contributed by atoms with E-state index in [1.54, 1.807) is 18.2 Å². The number of amides is 1. The van der Waals surface area contributed by atoms with Crippen molar-refractivity contribution in [1.29, 1.82) is 0 Å². The van der Waals surface area contributed by atoms with Gasteiger partial charge in [-0.05, 0) is 36.2 Å². The van der Waals surface area contributed by atoms with Gasteiger partial charge in [0.15, 0.2) is 0 Å². The summed E-state index contributed by atoms with van der Waals surface area (Å²) in [7, 11) is 0. The maximum Gasteiger partial charge on any atom is 0.224 e. The maximum absolute atomic E-state index is 11.5. The lowest BCUT2D eigenvalue weighted by Crippen LogP contribution is -2.21. The molecule has 2 heterocycles. The number of anilines is 1. The van der Waals surface area contributed by atoms with Gasteiger partial charge in [-0.3, -0.25) is 4.79 Å². The van der Waals surface area contributed by atoms with Crippen molar-refractivity contribution in [2.45, 2.75) is 18.9 Å². The van der Waals surface area contributed by atoms with Gasteiger partial charge in [0.05, 0.1) is 12.0 Å². The Hall–Kier alpha value is -1.78. The number of benzene rings is 1. The fourth-order valence-corrected chi connectivity index (χ4v) is 2.55. The molecule has 1 aromatic carbocycles. The number of aryl methyl sites for hydroxylation is 1. The number of furan rings is 1. The molecule has 1 aromatic heterocycles. The molecule has 5 heteroatoms. The Bertz CT molecular complexity index is 622. The molecule has 1 aliphatic rings. The first-order valence-electron chi connectivity index (χ1n) is 5.99. The normalized spacial score (nSPS) is 15.8. The van der Waals surface area contributed by atoms with Gasteiger partial charge in [-0.25, -0.2) is 0 Å². The smallest absolute Gasteiger partial charge is 0.224 e. The standard InChI is InChI=1S/C14H12ClNO3/c15-9-6-8-3-4-12(17)16-13(8)10(7-9)14(18)11-2-1-5-19-11/h1-2,5-7,14,18H,3-4H2,(H,16,17). The fraction of sp³-hybridized carbons (Fsp3) is 0.214. The number of carbonyl (C=O) groups is 1. The van der Waals surface area contributed by atoms with Crippen LogP contribution in [0.15, 0.2) is 34.9 Å². The molecule has 98 valence electrons. The highest BCUT2D eigenvalue weighted by molar-refractivity contribution is 6.31. The highest BCUT2D eigenvalue weighted by Gasteiger charge is 2.24. The zero-order chi connectivity index (χ0) is 13.4. The van der Waals surface area contributed by atoms with Crippen molar-refractivity contribution in [3.8, 4) is 0 Å². The molecule has 3 rings (SSSR count). The second kappa shape index (κ2) is 4.72. The van der Waals surface area contributed by atoms with Gasteiger partial charge in [0.1, 0.15) is 11.9 Å². The van der Waals surface area contributed by atoms with Crippen LogP contribution in [0.25, 0.3) is 0 Å². The van der Waals surface area contributed by atoms with E-state index in [0.29, 0.717) is 34.9 Å². The predicted octanol–water partition coefficient (Wildman–Crippen LogP) is 2.90. The van der Waals surface area contributed by atoms with Crippen LogP contribution in [0, 0.1) is 0 Å². The molecule has 0 aliphatic carbocycles. The summed E-state index contributed by atoms with van der Waals surface area (Å²) in [6, 6.07) is 6.85. The minimum absolute atomic E-state index is 0.0530. The molecule has 1 aliphatic heterocycles. The van der Waals surface area contributed by atoms with E-state index in [2.05, 4.69) is 5.32 Å². The van der Waals surface area contributed by atoms with Crippen LogP contribution in [-0.4, -0.2) is 11.0 Å². The minimum atomic E-state index is -0.944. The Morgan fingerprint density at radius 2 is 2.21 bits per heavy atom. The van der Waals surface area contributed by atoms with E-state index in [-0.39, 0.29) is 5.91 Å². The van der Waals surface area contributed by atoms with Crippen LogP contribution >= 0.6 is 11.6 Å². The molecule has 1 amide bonds. The van der Waals surface area contributed by atoms with Gasteiger partial charge in [-0.1, -0.05) is 11.6 Å². The topological polar surface area (TPSA) is 62.5 Å². The van der Waals surface area contributed by atoms with Gasteiger partial charge in [0.2, 0.25) is 5.91 Å². The lowest BCUT2D eigenvalue weighted by molar-refractivity contribution is -0.116. The van der Waals surface area contributed by atoms with E-state index in [0.717, 1.165) is 5.56 Å². The zero-order valence-corrected chi connectivity index (χ0v) is 10.8. The number of hydrogen-bond acceptors (Lipinski definition) is 3. The molecule has 0 fully saturated rings. The summed E-state index contributed by atoms with van der Waals surface area (Å²) in [5, 5.41) is 13.7. The van der Waals surface area contributed by atoms with Crippen molar-refractivity contribution in [2.75, 3.05) is 5.32 Å². The van der Waals surface area contributed by atoms with Crippen molar-refractivity contribution in [2.24, 2.45) is 0 Å². The van der Waals surface area contributed by atoms with Gasteiger partial charge in [-0.2, -0.15) is 0 Å². The van der Waals surface area contributed by atoms with E-state index in [1.807, 2.05) is 6.07 Å². The first kappa shape index (κ1) is 12.3. The molecular weight excluding hydrogens is 266 g/mol. The summed E-state index contributed by atoms with van der Waals surface area (Å²) in [5.74, 6) is 0.368. The molecule has 4 nitrogen and oxygen atoms in total. The van der Waals surface area contributed by atoms with Gasteiger partial charge in [0.25, 0.3) is 0 Å². The maximum atomic E-state index is 11.5. The second-order valence-electron chi connectivity index (χ2n) is 4.50. The van der Waals surface area contributed by atoms with Gasteiger partial charge >= 0.3 is 0 Å². The summed E-state index contributed by atoms with van der Waals surface area (Å²) in [6.45, 7) is 0. The molecule has 0 spiro atoms. The largest absolute Gasteiger partial charge is 0.466 e. The Morgan fingerprint density at radius 1 is 1.37 bits per heavy atom. The third-order valence-corrected chi connectivity index (χ3v) is 3.43. The number of nitrogens with one attached hydrogen (secondary N) is 1. The molecule has 0 saturated heterocycles. The Morgan fingerprint density at radius 3 is 2.95 bits per heavy atom. The SMILES string of the molecule is O=C1CCc2cc(Cl)cc(C(O)c3ccco3)c2N1. The van der Waals surface area contributed by atoms with Crippen LogP contribution in [0.2, 0.25) is 5.02 Å². The number of halogens is 1. The van der Waals surface area contributed by atoms with Gasteiger partial charge in [0, 0.05) is 17.0 Å². The third-order valence-electron chi connectivity index (χ3n) is 3.21. The Kier molecular flexibility index (Phi) is 3.05. The van der Waals surface area contributed by atoms with Crippen LogP contribution in [-0.2, 0) is 11.2 Å². The van der Waals surface area contributed by atoms with Crippen molar-refractivity contribution >= 4 is 23.2 Å². The number of carbonyl (C=O) groups excluding carboxylic acids is 1. The van der Waals surface area contributed by atoms with Gasteiger partial charge < -0.3 is 14.8 Å². The number of aliphatic hydroxyl groups excluding tert-OH is 1. The lowest BCUT2D eigenvalue weighted by atomic mass is 9.95. The van der Waals surface area contributed by atoms with E-state index in [1.165, 1.54) is 6.26 Å². The average Bonchev–Trinajstić information content (AvgIpc) is 2.91. The number of fused-ring (bicyclic) bond motifs is 1. The first-order valence-corrected chi connectivity index (χ1v) is 6.36. The quantitative estimate of drug-likeness (QED) is 0.887. The molecule has 2 aromatic rings. The summed E-state index contributed by atoms with van der Waals surface area (Å²) >= 11 is 6.07. The van der Waals surface area contributed by atoms with E-state index < -0.39 is 6.10 Å². The molecular formula is C14H12ClNO3. The highest BCUT2D eigenvalue weighted by Crippen LogP contribution is 2.36. The Labute approximate surface area is 115 Å². The zero-order valence-electron chi connectivity index (χ0n) is 10.0. The number of rotatable bonds is 2.